The number of nitrogens with zero attached hydrogens (tertiary/aromatic N) is 1. The predicted molar refractivity (Wildman–Crippen MR) is 147 cm³/mol. The summed E-state index contributed by atoms with van der Waals surface area (Å²) in [6, 6.07) is 31.2. The molecule has 0 saturated carbocycles. The van der Waals surface area contributed by atoms with Crippen LogP contribution >= 0.6 is 0 Å². The molecule has 0 unspecified atom stereocenters. The van der Waals surface area contributed by atoms with Crippen molar-refractivity contribution in [1.82, 2.24) is 0 Å². The maximum Gasteiger partial charge on any atom is 0.0528 e. The van der Waals surface area contributed by atoms with Crippen LogP contribution in [0.1, 0.15) is 56.9 Å². The molecular formula is C33H35N. The Morgan fingerprint density at radius 2 is 1.32 bits per heavy atom. The summed E-state index contributed by atoms with van der Waals surface area (Å²) in [6.07, 6.45) is 0. The number of anilines is 2. The largest absolute Gasteiger partial charge is 0.335 e. The summed E-state index contributed by atoms with van der Waals surface area (Å²) in [6.45, 7) is 16.2. The van der Waals surface area contributed by atoms with Gasteiger partial charge in [-0.25, -0.2) is 0 Å². The first-order valence-corrected chi connectivity index (χ1v) is 12.3. The second-order valence-electron chi connectivity index (χ2n) is 11.2. The van der Waals surface area contributed by atoms with Crippen molar-refractivity contribution in [3.63, 3.8) is 0 Å². The lowest BCUT2D eigenvalue weighted by molar-refractivity contribution is 0.558. The highest BCUT2D eigenvalue weighted by atomic mass is 15.2. The van der Waals surface area contributed by atoms with Gasteiger partial charge in [0.1, 0.15) is 0 Å². The summed E-state index contributed by atoms with van der Waals surface area (Å²) < 4.78 is 0. The molecule has 1 nitrogen and oxygen atoms in total. The maximum absolute atomic E-state index is 2.57. The van der Waals surface area contributed by atoms with Crippen LogP contribution in [0.5, 0.6) is 0 Å². The zero-order valence-corrected chi connectivity index (χ0v) is 21.5. The minimum absolute atomic E-state index is 0.00978. The topological polar surface area (TPSA) is 3.24 Å². The highest BCUT2D eigenvalue weighted by molar-refractivity contribution is 5.94. The summed E-state index contributed by atoms with van der Waals surface area (Å²) >= 11 is 0. The minimum Gasteiger partial charge on any atom is -0.335 e. The molecule has 172 valence electrons. The monoisotopic (exact) mass is 445 g/mol. The van der Waals surface area contributed by atoms with E-state index in [0.717, 1.165) is 0 Å². The Balaban J connectivity index is 1.76. The molecule has 0 aliphatic heterocycles. The van der Waals surface area contributed by atoms with Gasteiger partial charge >= 0.3 is 0 Å². The van der Waals surface area contributed by atoms with Crippen LogP contribution < -0.4 is 4.90 Å². The molecule has 0 fully saturated rings. The van der Waals surface area contributed by atoms with Gasteiger partial charge < -0.3 is 4.90 Å². The summed E-state index contributed by atoms with van der Waals surface area (Å²) in [7, 11) is 0. The molecule has 0 spiro atoms. The quantitative estimate of drug-likeness (QED) is 0.304. The fourth-order valence-electron chi connectivity index (χ4n) is 5.70. The van der Waals surface area contributed by atoms with Gasteiger partial charge in [-0.3, -0.25) is 0 Å². The number of hydrogen-bond acceptors (Lipinski definition) is 1. The highest BCUT2D eigenvalue weighted by Gasteiger charge is 2.39. The summed E-state index contributed by atoms with van der Waals surface area (Å²) in [5.41, 5.74) is 13.2. The van der Waals surface area contributed by atoms with Crippen molar-refractivity contribution in [3.05, 3.63) is 107 Å². The number of fused-ring (bicyclic) bond motifs is 3. The van der Waals surface area contributed by atoms with Gasteiger partial charge in [0.05, 0.1) is 5.69 Å². The second kappa shape index (κ2) is 7.87. The lowest BCUT2D eigenvalue weighted by Crippen LogP contribution is -2.39. The molecular weight excluding hydrogens is 410 g/mol. The van der Waals surface area contributed by atoms with Gasteiger partial charge in [-0.1, -0.05) is 86.6 Å². The van der Waals surface area contributed by atoms with Crippen molar-refractivity contribution >= 4 is 11.4 Å². The van der Waals surface area contributed by atoms with E-state index in [2.05, 4.69) is 138 Å². The van der Waals surface area contributed by atoms with Gasteiger partial charge in [0.15, 0.2) is 0 Å². The van der Waals surface area contributed by atoms with E-state index in [0.29, 0.717) is 0 Å². The highest BCUT2D eigenvalue weighted by Crippen LogP contribution is 2.55. The molecule has 0 heterocycles. The zero-order valence-electron chi connectivity index (χ0n) is 21.5. The van der Waals surface area contributed by atoms with Crippen LogP contribution in [0.4, 0.5) is 11.4 Å². The molecule has 0 N–H and O–H groups in total. The Hall–Kier alpha value is -3.32. The molecule has 0 radical (unpaired) electrons. The number of aryl methyl sites for hydroxylation is 2. The average Bonchev–Trinajstić information content (AvgIpc) is 3.03. The smallest absolute Gasteiger partial charge is 0.0528 e. The Bertz CT molecular complexity index is 1370. The van der Waals surface area contributed by atoms with Crippen molar-refractivity contribution in [2.45, 2.75) is 59.4 Å². The third kappa shape index (κ3) is 3.46. The van der Waals surface area contributed by atoms with Crippen molar-refractivity contribution in [2.24, 2.45) is 0 Å². The normalized spacial score (nSPS) is 14.0. The molecule has 34 heavy (non-hydrogen) atoms. The van der Waals surface area contributed by atoms with Gasteiger partial charge in [0.25, 0.3) is 0 Å². The van der Waals surface area contributed by atoms with E-state index in [1.54, 1.807) is 0 Å². The molecule has 1 aliphatic carbocycles. The first-order chi connectivity index (χ1) is 16.1. The van der Waals surface area contributed by atoms with Crippen LogP contribution in [0.2, 0.25) is 0 Å². The SMILES string of the molecule is Cc1cc(-c2ccccc2)ccc1N(c1c(C)ccc2c1-c1ccccc1C2(C)C)C(C)(C)C. The first kappa shape index (κ1) is 22.5. The van der Waals surface area contributed by atoms with Crippen LogP contribution in [0.25, 0.3) is 22.3 Å². The van der Waals surface area contributed by atoms with Crippen LogP contribution in [0.3, 0.4) is 0 Å². The third-order valence-corrected chi connectivity index (χ3v) is 7.36. The van der Waals surface area contributed by atoms with E-state index in [-0.39, 0.29) is 11.0 Å². The molecule has 0 aromatic heterocycles. The number of hydrogen-bond donors (Lipinski definition) is 0. The fraction of sp³-hybridized carbons (Fsp3) is 0.273. The first-order valence-electron chi connectivity index (χ1n) is 12.3. The maximum atomic E-state index is 2.57. The van der Waals surface area contributed by atoms with E-state index in [1.807, 2.05) is 0 Å². The fourth-order valence-corrected chi connectivity index (χ4v) is 5.70. The van der Waals surface area contributed by atoms with Gasteiger partial charge in [-0.05, 0) is 85.7 Å². The molecule has 0 atom stereocenters. The van der Waals surface area contributed by atoms with E-state index < -0.39 is 0 Å². The third-order valence-electron chi connectivity index (χ3n) is 7.36. The Morgan fingerprint density at radius 3 is 2.00 bits per heavy atom. The van der Waals surface area contributed by atoms with E-state index in [9.17, 15) is 0 Å². The number of rotatable bonds is 3. The Labute approximate surface area is 205 Å². The summed E-state index contributed by atoms with van der Waals surface area (Å²) in [4.78, 5) is 2.57. The lowest BCUT2D eigenvalue weighted by Gasteiger charge is -2.41. The molecule has 0 saturated heterocycles. The van der Waals surface area contributed by atoms with Crippen molar-refractivity contribution in [3.8, 4) is 22.3 Å². The minimum atomic E-state index is -0.0966. The van der Waals surface area contributed by atoms with E-state index in [1.165, 1.54) is 55.9 Å². The molecule has 0 amide bonds. The van der Waals surface area contributed by atoms with Crippen molar-refractivity contribution in [2.75, 3.05) is 4.90 Å². The van der Waals surface area contributed by atoms with E-state index >= 15 is 0 Å². The van der Waals surface area contributed by atoms with E-state index in [4.69, 9.17) is 0 Å². The standard InChI is InChI=1S/C33H35N/c1-22-17-19-28-30(26-15-11-12-16-27(26)33(28,6)7)31(22)34(32(3,4)5)29-20-18-25(21-23(29)2)24-13-9-8-10-14-24/h8-21H,1-7H3. The predicted octanol–water partition coefficient (Wildman–Crippen LogP) is 9.21. The Kier molecular flexibility index (Phi) is 5.20. The van der Waals surface area contributed by atoms with Gasteiger partial charge in [-0.15, -0.1) is 0 Å². The van der Waals surface area contributed by atoms with Crippen LogP contribution in [-0.4, -0.2) is 5.54 Å². The molecule has 5 rings (SSSR count). The molecule has 1 heteroatoms. The van der Waals surface area contributed by atoms with Gasteiger partial charge in [0, 0.05) is 22.2 Å². The molecule has 4 aromatic rings. The summed E-state index contributed by atoms with van der Waals surface area (Å²) in [5, 5.41) is 0. The van der Waals surface area contributed by atoms with Crippen molar-refractivity contribution < 1.29 is 0 Å². The zero-order chi connectivity index (χ0) is 24.3. The summed E-state index contributed by atoms with van der Waals surface area (Å²) in [5.74, 6) is 0. The van der Waals surface area contributed by atoms with Gasteiger partial charge in [0.2, 0.25) is 0 Å². The molecule has 1 aliphatic rings. The Morgan fingerprint density at radius 1 is 0.647 bits per heavy atom. The average molecular weight is 446 g/mol. The molecule has 0 bridgehead atoms. The van der Waals surface area contributed by atoms with Crippen LogP contribution in [-0.2, 0) is 5.41 Å². The van der Waals surface area contributed by atoms with Crippen molar-refractivity contribution in [1.29, 1.82) is 0 Å². The van der Waals surface area contributed by atoms with Gasteiger partial charge in [-0.2, -0.15) is 0 Å². The van der Waals surface area contributed by atoms with Crippen LogP contribution in [0.15, 0.2) is 84.9 Å². The number of benzene rings is 4. The molecule has 4 aromatic carbocycles. The second-order valence-corrected chi connectivity index (χ2v) is 11.2. The lowest BCUT2D eigenvalue weighted by atomic mass is 9.82. The van der Waals surface area contributed by atoms with Crippen LogP contribution in [0, 0.1) is 13.8 Å².